The Morgan fingerprint density at radius 2 is 2.18 bits per heavy atom. The van der Waals surface area contributed by atoms with Gasteiger partial charge in [0.25, 0.3) is 0 Å². The number of aromatic nitrogens is 1. The summed E-state index contributed by atoms with van der Waals surface area (Å²) in [5.74, 6) is 0.353. The zero-order valence-electron chi connectivity index (χ0n) is 10.6. The summed E-state index contributed by atoms with van der Waals surface area (Å²) in [6, 6.07) is 3.45. The Hall–Kier alpha value is -1.62. The topological polar surface area (TPSA) is 60.5 Å². The minimum atomic E-state index is -0.369. The minimum Gasteiger partial charge on any atom is -0.465 e. The molecule has 1 aromatic rings. The van der Waals surface area contributed by atoms with E-state index in [1.54, 1.807) is 26.2 Å². The van der Waals surface area contributed by atoms with Crippen molar-refractivity contribution in [2.75, 3.05) is 26.1 Å². The monoisotopic (exact) mass is 238 g/mol. The number of nitrogens with zero attached hydrogens (tertiary/aromatic N) is 1. The molecule has 0 aliphatic carbocycles. The third-order valence-electron chi connectivity index (χ3n) is 2.46. The first kappa shape index (κ1) is 13.4. The maximum Gasteiger partial charge on any atom is 0.339 e. The van der Waals surface area contributed by atoms with Crippen LogP contribution in [0.5, 0.6) is 0 Å². The largest absolute Gasteiger partial charge is 0.465 e. The van der Waals surface area contributed by atoms with Crippen LogP contribution in [0.1, 0.15) is 23.0 Å². The van der Waals surface area contributed by atoms with Crippen LogP contribution in [0.15, 0.2) is 12.1 Å². The van der Waals surface area contributed by atoms with Crippen LogP contribution in [0.3, 0.4) is 0 Å². The van der Waals surface area contributed by atoms with E-state index in [9.17, 15) is 4.79 Å². The van der Waals surface area contributed by atoms with Gasteiger partial charge in [0.15, 0.2) is 0 Å². The molecule has 0 amide bonds. The number of esters is 1. The molecule has 94 valence electrons. The molecule has 0 aromatic carbocycles. The van der Waals surface area contributed by atoms with Crippen LogP contribution in [0, 0.1) is 6.92 Å². The molecule has 0 saturated heterocycles. The van der Waals surface area contributed by atoms with E-state index in [1.165, 1.54) is 7.11 Å². The van der Waals surface area contributed by atoms with Crippen molar-refractivity contribution >= 4 is 11.8 Å². The van der Waals surface area contributed by atoms with Crippen LogP contribution in [-0.2, 0) is 9.47 Å². The second-order valence-electron chi connectivity index (χ2n) is 3.75. The molecule has 1 unspecified atom stereocenters. The number of nitrogens with one attached hydrogen (secondary N) is 1. The number of hydrogen-bond donors (Lipinski definition) is 1. The summed E-state index contributed by atoms with van der Waals surface area (Å²) < 4.78 is 9.77. The molecule has 1 atom stereocenters. The van der Waals surface area contributed by atoms with Crippen molar-refractivity contribution in [1.29, 1.82) is 0 Å². The number of aryl methyl sites for hydroxylation is 1. The highest BCUT2D eigenvalue weighted by atomic mass is 16.5. The fourth-order valence-electron chi connectivity index (χ4n) is 1.32. The number of carbonyl (C=O) groups excluding carboxylic acids is 1. The number of methoxy groups -OCH3 is 2. The second kappa shape index (κ2) is 6.20. The molecule has 5 nitrogen and oxygen atoms in total. The highest BCUT2D eigenvalue weighted by molar-refractivity contribution is 5.90. The fraction of sp³-hybridized carbons (Fsp3) is 0.500. The van der Waals surface area contributed by atoms with Crippen LogP contribution >= 0.6 is 0 Å². The van der Waals surface area contributed by atoms with Crippen LogP contribution < -0.4 is 5.32 Å². The molecule has 1 heterocycles. The second-order valence-corrected chi connectivity index (χ2v) is 3.75. The summed E-state index contributed by atoms with van der Waals surface area (Å²) in [5.41, 5.74) is 1.13. The van der Waals surface area contributed by atoms with Crippen molar-refractivity contribution in [2.24, 2.45) is 0 Å². The first-order valence-electron chi connectivity index (χ1n) is 5.41. The maximum absolute atomic E-state index is 11.4. The lowest BCUT2D eigenvalue weighted by atomic mass is 10.2. The summed E-state index contributed by atoms with van der Waals surface area (Å²) in [4.78, 5) is 15.6. The van der Waals surface area contributed by atoms with Crippen molar-refractivity contribution in [3.63, 3.8) is 0 Å². The Labute approximate surface area is 101 Å². The molecule has 1 aromatic heterocycles. The van der Waals surface area contributed by atoms with E-state index >= 15 is 0 Å². The Bertz CT molecular complexity index is 393. The molecule has 0 saturated carbocycles. The van der Waals surface area contributed by atoms with Crippen molar-refractivity contribution in [2.45, 2.75) is 20.0 Å². The predicted octanol–water partition coefficient (Wildman–Crippen LogP) is 1.62. The lowest BCUT2D eigenvalue weighted by molar-refractivity contribution is 0.0599. The molecule has 0 bridgehead atoms. The summed E-state index contributed by atoms with van der Waals surface area (Å²) in [7, 11) is 3.01. The first-order valence-corrected chi connectivity index (χ1v) is 5.41. The molecule has 0 radical (unpaired) electrons. The van der Waals surface area contributed by atoms with Crippen molar-refractivity contribution in [3.8, 4) is 0 Å². The lowest BCUT2D eigenvalue weighted by Crippen LogP contribution is -2.19. The Morgan fingerprint density at radius 1 is 1.47 bits per heavy atom. The molecular weight excluding hydrogens is 220 g/mol. The molecule has 0 fully saturated rings. The van der Waals surface area contributed by atoms with Gasteiger partial charge in [-0.1, -0.05) is 0 Å². The van der Waals surface area contributed by atoms with Gasteiger partial charge in [0.1, 0.15) is 5.82 Å². The van der Waals surface area contributed by atoms with E-state index in [-0.39, 0.29) is 12.1 Å². The summed E-state index contributed by atoms with van der Waals surface area (Å²) in [6.07, 6.45) is 0.109. The summed E-state index contributed by atoms with van der Waals surface area (Å²) in [5, 5.41) is 3.13. The van der Waals surface area contributed by atoms with E-state index in [0.717, 1.165) is 5.82 Å². The zero-order chi connectivity index (χ0) is 12.8. The SMILES string of the molecule is COC(=O)c1ccc(NCC(C)OC)nc1C. The smallest absolute Gasteiger partial charge is 0.339 e. The Kier molecular flexibility index (Phi) is 4.90. The number of rotatable bonds is 5. The molecule has 1 rings (SSSR count). The van der Waals surface area contributed by atoms with Gasteiger partial charge in [0.05, 0.1) is 24.5 Å². The number of ether oxygens (including phenoxy) is 2. The average Bonchev–Trinajstić information content (AvgIpc) is 2.35. The van der Waals surface area contributed by atoms with Gasteiger partial charge in [-0.15, -0.1) is 0 Å². The van der Waals surface area contributed by atoms with Crippen molar-refractivity contribution in [1.82, 2.24) is 4.98 Å². The quantitative estimate of drug-likeness (QED) is 0.790. The highest BCUT2D eigenvalue weighted by Crippen LogP contribution is 2.11. The van der Waals surface area contributed by atoms with Crippen LogP contribution in [-0.4, -0.2) is 37.8 Å². The Morgan fingerprint density at radius 3 is 2.71 bits per heavy atom. The van der Waals surface area contributed by atoms with Crippen LogP contribution in [0.25, 0.3) is 0 Å². The average molecular weight is 238 g/mol. The first-order chi connectivity index (χ1) is 8.08. The Balaban J connectivity index is 2.72. The number of carbonyl (C=O) groups is 1. The molecule has 0 aliphatic heterocycles. The van der Waals surface area contributed by atoms with Crippen molar-refractivity contribution in [3.05, 3.63) is 23.4 Å². The van der Waals surface area contributed by atoms with Crippen molar-refractivity contribution < 1.29 is 14.3 Å². The molecule has 0 aliphatic rings. The number of hydrogen-bond acceptors (Lipinski definition) is 5. The summed E-state index contributed by atoms with van der Waals surface area (Å²) >= 11 is 0. The normalized spacial score (nSPS) is 12.0. The van der Waals surface area contributed by atoms with Gasteiger partial charge in [0, 0.05) is 13.7 Å². The maximum atomic E-state index is 11.4. The molecular formula is C12H18N2O3. The molecule has 1 N–H and O–H groups in total. The zero-order valence-corrected chi connectivity index (χ0v) is 10.6. The summed E-state index contributed by atoms with van der Waals surface area (Å²) in [6.45, 7) is 4.40. The number of anilines is 1. The fourth-order valence-corrected chi connectivity index (χ4v) is 1.32. The van der Waals surface area contributed by atoms with E-state index in [2.05, 4.69) is 15.0 Å². The van der Waals surface area contributed by atoms with Crippen LogP contribution in [0.2, 0.25) is 0 Å². The third-order valence-corrected chi connectivity index (χ3v) is 2.46. The van der Waals surface area contributed by atoms with Gasteiger partial charge in [0.2, 0.25) is 0 Å². The van der Waals surface area contributed by atoms with Gasteiger partial charge < -0.3 is 14.8 Å². The van der Waals surface area contributed by atoms with Gasteiger partial charge in [-0.3, -0.25) is 0 Å². The van der Waals surface area contributed by atoms with Gasteiger partial charge in [-0.25, -0.2) is 9.78 Å². The standard InChI is InChI=1S/C12H18N2O3/c1-8(16-3)7-13-11-6-5-10(9(2)14-11)12(15)17-4/h5-6,8H,7H2,1-4H3,(H,13,14). The highest BCUT2D eigenvalue weighted by Gasteiger charge is 2.10. The van der Waals surface area contributed by atoms with E-state index in [1.807, 2.05) is 6.92 Å². The van der Waals surface area contributed by atoms with E-state index in [4.69, 9.17) is 4.74 Å². The lowest BCUT2D eigenvalue weighted by Gasteiger charge is -2.12. The molecule has 17 heavy (non-hydrogen) atoms. The molecule has 0 spiro atoms. The number of pyridine rings is 1. The predicted molar refractivity (Wildman–Crippen MR) is 65.3 cm³/mol. The van der Waals surface area contributed by atoms with Crippen LogP contribution in [0.4, 0.5) is 5.82 Å². The van der Waals surface area contributed by atoms with Gasteiger partial charge in [-0.2, -0.15) is 0 Å². The van der Waals surface area contributed by atoms with E-state index in [0.29, 0.717) is 17.8 Å². The minimum absolute atomic E-state index is 0.109. The van der Waals surface area contributed by atoms with Gasteiger partial charge in [-0.05, 0) is 26.0 Å². The van der Waals surface area contributed by atoms with E-state index < -0.39 is 0 Å². The van der Waals surface area contributed by atoms with Gasteiger partial charge >= 0.3 is 5.97 Å². The molecule has 5 heteroatoms. The third kappa shape index (κ3) is 3.71.